The molecule has 86 valence electrons. The monoisotopic (exact) mass is 229 g/mol. The highest BCUT2D eigenvalue weighted by molar-refractivity contribution is 6.31. The third-order valence-corrected chi connectivity index (χ3v) is 2.62. The van der Waals surface area contributed by atoms with Gasteiger partial charge in [-0.1, -0.05) is 18.5 Å². The zero-order chi connectivity index (χ0) is 11.3. The summed E-state index contributed by atoms with van der Waals surface area (Å²) >= 11 is 6.09. The van der Waals surface area contributed by atoms with Crippen molar-refractivity contribution >= 4 is 11.6 Å². The van der Waals surface area contributed by atoms with Crippen LogP contribution in [0.15, 0.2) is 6.20 Å². The minimum absolute atomic E-state index is 0.374. The molecule has 0 aliphatic carbocycles. The van der Waals surface area contributed by atoms with Gasteiger partial charge in [-0.3, -0.25) is 4.68 Å². The van der Waals surface area contributed by atoms with Gasteiger partial charge in [-0.25, -0.2) is 0 Å². The third-order valence-electron chi connectivity index (χ3n) is 2.30. The van der Waals surface area contributed by atoms with Gasteiger partial charge in [-0.15, -0.1) is 0 Å². The van der Waals surface area contributed by atoms with Gasteiger partial charge in [0.15, 0.2) is 0 Å². The molecule has 0 amide bonds. The molecule has 0 aliphatic rings. The summed E-state index contributed by atoms with van der Waals surface area (Å²) in [6.07, 6.45) is 3.84. The maximum absolute atomic E-state index is 6.09. The average Bonchev–Trinajstić information content (AvgIpc) is 2.55. The van der Waals surface area contributed by atoms with Gasteiger partial charge < -0.3 is 5.32 Å². The molecule has 3 nitrogen and oxygen atoms in total. The third kappa shape index (κ3) is 3.50. The van der Waals surface area contributed by atoms with Crippen molar-refractivity contribution in [1.82, 2.24) is 15.1 Å². The molecule has 1 aromatic rings. The van der Waals surface area contributed by atoms with Crippen LogP contribution in [0.3, 0.4) is 0 Å². The first-order valence-corrected chi connectivity index (χ1v) is 5.97. The molecule has 1 rings (SSSR count). The van der Waals surface area contributed by atoms with Crippen LogP contribution in [0.2, 0.25) is 5.02 Å². The van der Waals surface area contributed by atoms with E-state index in [9.17, 15) is 0 Å². The second kappa shape index (κ2) is 6.13. The Morgan fingerprint density at radius 2 is 2.20 bits per heavy atom. The summed E-state index contributed by atoms with van der Waals surface area (Å²) in [5, 5.41) is 8.42. The molecule has 0 aliphatic heterocycles. The smallest absolute Gasteiger partial charge is 0.0818 e. The molecule has 4 heteroatoms. The van der Waals surface area contributed by atoms with Crippen LogP contribution >= 0.6 is 11.6 Å². The summed E-state index contributed by atoms with van der Waals surface area (Å²) in [5.41, 5.74) is 1.13. The van der Waals surface area contributed by atoms with Crippen LogP contribution in [0.5, 0.6) is 0 Å². The van der Waals surface area contributed by atoms with Crippen LogP contribution in [-0.4, -0.2) is 22.9 Å². The minimum Gasteiger partial charge on any atom is -0.316 e. The molecule has 1 heterocycles. The van der Waals surface area contributed by atoms with Crippen molar-refractivity contribution in [2.45, 2.75) is 39.7 Å². The molecule has 15 heavy (non-hydrogen) atoms. The lowest BCUT2D eigenvalue weighted by atomic mass is 10.2. The number of nitrogens with one attached hydrogen (secondary N) is 1. The predicted octanol–water partition coefficient (Wildman–Crippen LogP) is 2.66. The highest BCUT2D eigenvalue weighted by atomic mass is 35.5. The van der Waals surface area contributed by atoms with Gasteiger partial charge in [-0.05, 0) is 26.8 Å². The Morgan fingerprint density at radius 3 is 2.80 bits per heavy atom. The molecule has 0 fully saturated rings. The van der Waals surface area contributed by atoms with Crippen molar-refractivity contribution in [3.63, 3.8) is 0 Å². The second-order valence-electron chi connectivity index (χ2n) is 3.98. The molecule has 1 N–H and O–H groups in total. The normalized spacial score (nSPS) is 11.3. The zero-order valence-corrected chi connectivity index (χ0v) is 10.5. The van der Waals surface area contributed by atoms with Gasteiger partial charge >= 0.3 is 0 Å². The van der Waals surface area contributed by atoms with Crippen LogP contribution in [0, 0.1) is 0 Å². The summed E-state index contributed by atoms with van der Waals surface area (Å²) in [7, 11) is 0. The van der Waals surface area contributed by atoms with Crippen molar-refractivity contribution in [2.24, 2.45) is 0 Å². The quantitative estimate of drug-likeness (QED) is 0.761. The fraction of sp³-hybridized carbons (Fsp3) is 0.727. The predicted molar refractivity (Wildman–Crippen MR) is 64.5 cm³/mol. The molecule has 0 bridgehead atoms. The Labute approximate surface area is 96.8 Å². The van der Waals surface area contributed by atoms with E-state index in [1.807, 2.05) is 4.68 Å². The number of hydrogen-bond acceptors (Lipinski definition) is 2. The maximum atomic E-state index is 6.09. The molecule has 0 atom stereocenters. The van der Waals surface area contributed by atoms with Crippen molar-refractivity contribution in [1.29, 1.82) is 0 Å². The zero-order valence-electron chi connectivity index (χ0n) is 9.76. The Balaban J connectivity index is 2.54. The van der Waals surface area contributed by atoms with Crippen molar-refractivity contribution < 1.29 is 0 Å². The van der Waals surface area contributed by atoms with Gasteiger partial charge in [0, 0.05) is 19.0 Å². The number of hydrogen-bond donors (Lipinski definition) is 1. The van der Waals surface area contributed by atoms with Crippen LogP contribution in [0.1, 0.15) is 38.9 Å². The summed E-state index contributed by atoms with van der Waals surface area (Å²) in [4.78, 5) is 0. The van der Waals surface area contributed by atoms with E-state index in [0.717, 1.165) is 36.6 Å². The summed E-state index contributed by atoms with van der Waals surface area (Å²) < 4.78 is 2.00. The maximum Gasteiger partial charge on any atom is 0.0818 e. The molecule has 0 spiro atoms. The van der Waals surface area contributed by atoms with E-state index in [4.69, 9.17) is 11.6 Å². The molecular weight excluding hydrogens is 210 g/mol. The van der Waals surface area contributed by atoms with E-state index in [2.05, 4.69) is 31.2 Å². The number of halogens is 1. The van der Waals surface area contributed by atoms with E-state index in [1.54, 1.807) is 6.20 Å². The minimum atomic E-state index is 0.374. The first-order chi connectivity index (χ1) is 7.16. The average molecular weight is 230 g/mol. The lowest BCUT2D eigenvalue weighted by molar-refractivity contribution is 0.503. The van der Waals surface area contributed by atoms with E-state index >= 15 is 0 Å². The lowest BCUT2D eigenvalue weighted by Crippen LogP contribution is -2.20. The highest BCUT2D eigenvalue weighted by Crippen LogP contribution is 2.18. The number of rotatable bonds is 6. The SMILES string of the molecule is CCCNCCc1c(Cl)cnn1C(C)C. The van der Waals surface area contributed by atoms with Gasteiger partial charge in [0.2, 0.25) is 0 Å². The molecule has 0 unspecified atom stereocenters. The molecule has 0 saturated carbocycles. The molecule has 0 saturated heterocycles. The fourth-order valence-electron chi connectivity index (χ4n) is 1.55. The van der Waals surface area contributed by atoms with Crippen molar-refractivity contribution in [3.05, 3.63) is 16.9 Å². The van der Waals surface area contributed by atoms with Crippen molar-refractivity contribution in [2.75, 3.05) is 13.1 Å². The number of nitrogens with zero attached hydrogens (tertiary/aromatic N) is 2. The fourth-order valence-corrected chi connectivity index (χ4v) is 1.78. The summed E-state index contributed by atoms with van der Waals surface area (Å²) in [5.74, 6) is 0. The summed E-state index contributed by atoms with van der Waals surface area (Å²) in [6, 6.07) is 0.374. The van der Waals surface area contributed by atoms with E-state index in [1.165, 1.54) is 0 Å². The summed E-state index contributed by atoms with van der Waals surface area (Å²) in [6.45, 7) is 8.43. The first kappa shape index (κ1) is 12.5. The van der Waals surface area contributed by atoms with Gasteiger partial charge in [0.05, 0.1) is 16.9 Å². The molecule has 0 radical (unpaired) electrons. The van der Waals surface area contributed by atoms with E-state index in [-0.39, 0.29) is 0 Å². The van der Waals surface area contributed by atoms with Gasteiger partial charge in [0.1, 0.15) is 0 Å². The first-order valence-electron chi connectivity index (χ1n) is 5.59. The van der Waals surface area contributed by atoms with Crippen molar-refractivity contribution in [3.8, 4) is 0 Å². The van der Waals surface area contributed by atoms with Crippen LogP contribution in [-0.2, 0) is 6.42 Å². The standard InChI is InChI=1S/C11H20ClN3/c1-4-6-13-7-5-11-10(12)8-14-15(11)9(2)3/h8-9,13H,4-7H2,1-3H3. The number of aromatic nitrogens is 2. The largest absolute Gasteiger partial charge is 0.316 e. The van der Waals surface area contributed by atoms with Crippen LogP contribution < -0.4 is 5.32 Å². The van der Waals surface area contributed by atoms with Crippen LogP contribution in [0.4, 0.5) is 0 Å². The second-order valence-corrected chi connectivity index (χ2v) is 4.38. The Hall–Kier alpha value is -0.540. The Bertz CT molecular complexity index is 294. The highest BCUT2D eigenvalue weighted by Gasteiger charge is 2.10. The molecule has 1 aromatic heterocycles. The molecular formula is C11H20ClN3. The molecule has 0 aromatic carbocycles. The lowest BCUT2D eigenvalue weighted by Gasteiger charge is -2.11. The van der Waals surface area contributed by atoms with E-state index < -0.39 is 0 Å². The van der Waals surface area contributed by atoms with Gasteiger partial charge in [0.25, 0.3) is 0 Å². The van der Waals surface area contributed by atoms with E-state index in [0.29, 0.717) is 6.04 Å². The Kier molecular flexibility index (Phi) is 5.12. The topological polar surface area (TPSA) is 29.9 Å². The Morgan fingerprint density at radius 1 is 1.47 bits per heavy atom. The van der Waals surface area contributed by atoms with Crippen LogP contribution in [0.25, 0.3) is 0 Å². The van der Waals surface area contributed by atoms with Gasteiger partial charge in [-0.2, -0.15) is 5.10 Å².